The third-order valence-electron chi connectivity index (χ3n) is 3.15. The van der Waals surface area contributed by atoms with Gasteiger partial charge < -0.3 is 11.1 Å². The van der Waals surface area contributed by atoms with Gasteiger partial charge in [0.25, 0.3) is 0 Å². The molecule has 0 spiro atoms. The fourth-order valence-corrected chi connectivity index (χ4v) is 2.32. The molecule has 2 aromatic rings. The third-order valence-corrected chi connectivity index (χ3v) is 3.74. The number of nitrogens with one attached hydrogen (secondary N) is 1. The molecule has 0 saturated heterocycles. The molecule has 0 aromatic heterocycles. The third kappa shape index (κ3) is 3.34. The topological polar surface area (TPSA) is 38.0 Å². The second-order valence-corrected chi connectivity index (χ2v) is 5.46. The van der Waals surface area contributed by atoms with Crippen molar-refractivity contribution in [1.82, 2.24) is 0 Å². The van der Waals surface area contributed by atoms with E-state index < -0.39 is 0 Å². The predicted molar refractivity (Wildman–Crippen MR) is 84.1 cm³/mol. The smallest absolute Gasteiger partial charge is 0.0579 e. The van der Waals surface area contributed by atoms with Crippen molar-refractivity contribution >= 4 is 34.6 Å². The number of hydrogen-bond acceptors (Lipinski definition) is 2. The molecule has 0 bridgehead atoms. The minimum Gasteiger partial charge on any atom is -0.397 e. The second kappa shape index (κ2) is 5.72. The van der Waals surface area contributed by atoms with Gasteiger partial charge in [0, 0.05) is 16.6 Å². The number of aryl methyl sites for hydroxylation is 2. The van der Waals surface area contributed by atoms with Crippen molar-refractivity contribution in [3.8, 4) is 0 Å². The highest BCUT2D eigenvalue weighted by Crippen LogP contribution is 2.26. The van der Waals surface area contributed by atoms with Gasteiger partial charge >= 0.3 is 0 Å². The van der Waals surface area contributed by atoms with Crippen LogP contribution in [0.5, 0.6) is 0 Å². The van der Waals surface area contributed by atoms with Gasteiger partial charge in [-0.25, -0.2) is 0 Å². The number of anilines is 2. The zero-order chi connectivity index (χ0) is 14.0. The first-order chi connectivity index (χ1) is 8.97. The number of benzene rings is 2. The van der Waals surface area contributed by atoms with Crippen LogP contribution in [0.2, 0.25) is 10.0 Å². The summed E-state index contributed by atoms with van der Waals surface area (Å²) in [4.78, 5) is 0. The van der Waals surface area contributed by atoms with Crippen LogP contribution in [0, 0.1) is 13.8 Å². The fourth-order valence-electron chi connectivity index (χ4n) is 1.85. The lowest BCUT2D eigenvalue weighted by Gasteiger charge is -2.13. The predicted octanol–water partition coefficient (Wildman–Crippen LogP) is 4.80. The zero-order valence-corrected chi connectivity index (χ0v) is 12.4. The molecule has 0 fully saturated rings. The Hall–Kier alpha value is -1.38. The van der Waals surface area contributed by atoms with Crippen LogP contribution in [-0.4, -0.2) is 0 Å². The molecule has 100 valence electrons. The van der Waals surface area contributed by atoms with Gasteiger partial charge in [-0.05, 0) is 54.8 Å². The molecule has 0 aliphatic heterocycles. The van der Waals surface area contributed by atoms with Crippen molar-refractivity contribution in [2.45, 2.75) is 20.4 Å². The van der Waals surface area contributed by atoms with E-state index in [9.17, 15) is 0 Å². The number of rotatable bonds is 3. The first kappa shape index (κ1) is 14.0. The molecule has 0 aliphatic rings. The Morgan fingerprint density at radius 3 is 2.42 bits per heavy atom. The summed E-state index contributed by atoms with van der Waals surface area (Å²) in [6, 6.07) is 9.50. The Balaban J connectivity index is 2.16. The number of hydrogen-bond donors (Lipinski definition) is 2. The molecule has 2 rings (SSSR count). The molecule has 3 N–H and O–H groups in total. The van der Waals surface area contributed by atoms with Crippen LogP contribution < -0.4 is 11.1 Å². The average Bonchev–Trinajstić information content (AvgIpc) is 2.34. The molecule has 0 atom stereocenters. The lowest BCUT2D eigenvalue weighted by Crippen LogP contribution is -2.04. The Morgan fingerprint density at radius 2 is 1.74 bits per heavy atom. The minimum absolute atomic E-state index is 0.614. The van der Waals surface area contributed by atoms with E-state index in [1.54, 1.807) is 6.07 Å². The molecular weight excluding hydrogens is 279 g/mol. The summed E-state index contributed by atoms with van der Waals surface area (Å²) in [5.74, 6) is 0. The Morgan fingerprint density at radius 1 is 1.05 bits per heavy atom. The highest BCUT2D eigenvalue weighted by atomic mass is 35.5. The first-order valence-corrected chi connectivity index (χ1v) is 6.77. The van der Waals surface area contributed by atoms with Crippen molar-refractivity contribution in [2.24, 2.45) is 0 Å². The Kier molecular flexibility index (Phi) is 4.23. The molecule has 4 heteroatoms. The summed E-state index contributed by atoms with van der Waals surface area (Å²) in [5.41, 5.74) is 11.1. The molecular formula is C15H16Cl2N2. The van der Waals surface area contributed by atoms with E-state index in [0.717, 1.165) is 16.9 Å². The summed E-state index contributed by atoms with van der Waals surface area (Å²) in [7, 11) is 0. The lowest BCUT2D eigenvalue weighted by atomic mass is 10.1. The number of nitrogen functional groups attached to an aromatic ring is 1. The van der Waals surface area contributed by atoms with Crippen molar-refractivity contribution in [3.63, 3.8) is 0 Å². The Labute approximate surface area is 123 Å². The fraction of sp³-hybridized carbons (Fsp3) is 0.200. The zero-order valence-electron chi connectivity index (χ0n) is 10.9. The Bertz CT molecular complexity index is 609. The number of halogens is 2. The maximum Gasteiger partial charge on any atom is 0.0579 e. The molecule has 2 aromatic carbocycles. The van der Waals surface area contributed by atoms with E-state index in [-0.39, 0.29) is 0 Å². The molecule has 0 saturated carbocycles. The highest BCUT2D eigenvalue weighted by molar-refractivity contribution is 6.35. The molecule has 0 amide bonds. The average molecular weight is 295 g/mol. The van der Waals surface area contributed by atoms with Crippen molar-refractivity contribution < 1.29 is 0 Å². The number of nitrogens with two attached hydrogens (primary N) is 1. The van der Waals surface area contributed by atoms with E-state index in [2.05, 4.69) is 18.3 Å². The normalized spacial score (nSPS) is 10.5. The van der Waals surface area contributed by atoms with Gasteiger partial charge in [-0.2, -0.15) is 0 Å². The van der Waals surface area contributed by atoms with Gasteiger partial charge in [-0.1, -0.05) is 29.3 Å². The van der Waals surface area contributed by atoms with Gasteiger partial charge in [-0.15, -0.1) is 0 Å². The lowest BCUT2D eigenvalue weighted by molar-refractivity contribution is 1.15. The summed E-state index contributed by atoms with van der Waals surface area (Å²) >= 11 is 12.0. The molecule has 0 aliphatic carbocycles. The van der Waals surface area contributed by atoms with E-state index in [0.29, 0.717) is 16.6 Å². The van der Waals surface area contributed by atoms with Gasteiger partial charge in [0.05, 0.1) is 11.4 Å². The van der Waals surface area contributed by atoms with Crippen molar-refractivity contribution in [2.75, 3.05) is 11.1 Å². The standard InChI is InChI=1S/C15H16Cl2N2/c1-9-5-14(18)15(6-10(9)2)19-8-11-3-4-12(16)7-13(11)17/h3-7,19H,8,18H2,1-2H3. The highest BCUT2D eigenvalue weighted by Gasteiger charge is 2.05. The van der Waals surface area contributed by atoms with Crippen molar-refractivity contribution in [1.29, 1.82) is 0 Å². The van der Waals surface area contributed by atoms with E-state index in [1.807, 2.05) is 25.1 Å². The van der Waals surface area contributed by atoms with Crippen LogP contribution >= 0.6 is 23.2 Å². The molecule has 0 unspecified atom stereocenters. The van der Waals surface area contributed by atoms with Crippen LogP contribution in [0.4, 0.5) is 11.4 Å². The SMILES string of the molecule is Cc1cc(N)c(NCc2ccc(Cl)cc2Cl)cc1C. The van der Waals surface area contributed by atoms with Crippen LogP contribution in [-0.2, 0) is 6.54 Å². The maximum absolute atomic E-state index is 6.14. The van der Waals surface area contributed by atoms with Gasteiger partial charge in [-0.3, -0.25) is 0 Å². The summed E-state index contributed by atoms with van der Waals surface area (Å²) in [5, 5.41) is 4.60. The van der Waals surface area contributed by atoms with Gasteiger partial charge in [0.1, 0.15) is 0 Å². The molecule has 0 radical (unpaired) electrons. The quantitative estimate of drug-likeness (QED) is 0.798. The summed E-state index contributed by atoms with van der Waals surface area (Å²) in [6.45, 7) is 4.73. The first-order valence-electron chi connectivity index (χ1n) is 6.02. The van der Waals surface area contributed by atoms with Crippen molar-refractivity contribution in [3.05, 3.63) is 57.1 Å². The summed E-state index contributed by atoms with van der Waals surface area (Å²) < 4.78 is 0. The van der Waals surface area contributed by atoms with E-state index in [4.69, 9.17) is 28.9 Å². The maximum atomic E-state index is 6.14. The minimum atomic E-state index is 0.614. The van der Waals surface area contributed by atoms with Gasteiger partial charge in [0.15, 0.2) is 0 Å². The molecule has 19 heavy (non-hydrogen) atoms. The van der Waals surface area contributed by atoms with Crippen LogP contribution in [0.3, 0.4) is 0 Å². The van der Waals surface area contributed by atoms with Crippen LogP contribution in [0.25, 0.3) is 0 Å². The second-order valence-electron chi connectivity index (χ2n) is 4.61. The summed E-state index contributed by atoms with van der Waals surface area (Å²) in [6.07, 6.45) is 0. The monoisotopic (exact) mass is 294 g/mol. The largest absolute Gasteiger partial charge is 0.397 e. The van der Waals surface area contributed by atoms with Crippen LogP contribution in [0.15, 0.2) is 30.3 Å². The van der Waals surface area contributed by atoms with E-state index >= 15 is 0 Å². The van der Waals surface area contributed by atoms with Gasteiger partial charge in [0.2, 0.25) is 0 Å². The molecule has 2 nitrogen and oxygen atoms in total. The molecule has 0 heterocycles. The van der Waals surface area contributed by atoms with Crippen LogP contribution in [0.1, 0.15) is 16.7 Å². The van der Waals surface area contributed by atoms with E-state index in [1.165, 1.54) is 11.1 Å².